The Balaban J connectivity index is 2.15. The van der Waals surface area contributed by atoms with Crippen molar-refractivity contribution >= 4 is 5.91 Å². The number of nitrogens with zero attached hydrogens (tertiary/aromatic N) is 1. The van der Waals surface area contributed by atoms with Crippen LogP contribution in [-0.4, -0.2) is 31.4 Å². The van der Waals surface area contributed by atoms with Crippen molar-refractivity contribution in [3.8, 4) is 0 Å². The molecule has 0 aromatic heterocycles. The van der Waals surface area contributed by atoms with E-state index in [4.69, 9.17) is 0 Å². The van der Waals surface area contributed by atoms with Crippen molar-refractivity contribution < 1.29 is 4.79 Å². The molecule has 0 fully saturated rings. The minimum atomic E-state index is 0.0792. The van der Waals surface area contributed by atoms with E-state index in [9.17, 15) is 4.79 Å². The van der Waals surface area contributed by atoms with E-state index in [0.717, 1.165) is 6.42 Å². The van der Waals surface area contributed by atoms with Crippen molar-refractivity contribution in [3.05, 3.63) is 35.4 Å². The highest BCUT2D eigenvalue weighted by Crippen LogP contribution is 2.33. The van der Waals surface area contributed by atoms with E-state index < -0.39 is 0 Å². The van der Waals surface area contributed by atoms with Crippen molar-refractivity contribution in [2.45, 2.75) is 25.3 Å². The van der Waals surface area contributed by atoms with E-state index in [2.05, 4.69) is 34.5 Å². The van der Waals surface area contributed by atoms with Gasteiger partial charge in [0, 0.05) is 13.1 Å². The summed E-state index contributed by atoms with van der Waals surface area (Å²) >= 11 is 0. The number of hydrogen-bond acceptors (Lipinski definition) is 2. The van der Waals surface area contributed by atoms with E-state index in [1.165, 1.54) is 24.0 Å². The summed E-state index contributed by atoms with van der Waals surface area (Å²) in [6, 6.07) is 8.97. The Morgan fingerprint density at radius 3 is 3.00 bits per heavy atom. The molecule has 1 N–H and O–H groups in total. The lowest BCUT2D eigenvalue weighted by atomic mass is 9.87. The maximum absolute atomic E-state index is 11.4. The molecule has 2 rings (SSSR count). The largest absolute Gasteiger partial charge is 0.358 e. The minimum absolute atomic E-state index is 0.0792. The molecule has 0 radical (unpaired) electrons. The normalized spacial score (nSPS) is 18.9. The van der Waals surface area contributed by atoms with Gasteiger partial charge < -0.3 is 5.32 Å². The van der Waals surface area contributed by atoms with Crippen LogP contribution in [-0.2, 0) is 11.2 Å². The SMILES string of the molecule is CNC(=O)CN(C)C1CCCc2ccccc21. The zero-order valence-electron chi connectivity index (χ0n) is 10.6. The van der Waals surface area contributed by atoms with Gasteiger partial charge in [0.1, 0.15) is 0 Å². The molecule has 17 heavy (non-hydrogen) atoms. The molecular formula is C14H20N2O. The van der Waals surface area contributed by atoms with Gasteiger partial charge in [-0.2, -0.15) is 0 Å². The maximum Gasteiger partial charge on any atom is 0.233 e. The average molecular weight is 232 g/mol. The summed E-state index contributed by atoms with van der Waals surface area (Å²) in [5.41, 5.74) is 2.83. The molecule has 92 valence electrons. The highest BCUT2D eigenvalue weighted by atomic mass is 16.1. The van der Waals surface area contributed by atoms with Crippen LogP contribution in [0.2, 0.25) is 0 Å². The molecule has 1 aromatic carbocycles. The second-order valence-electron chi connectivity index (χ2n) is 4.70. The molecule has 3 nitrogen and oxygen atoms in total. The predicted molar refractivity (Wildman–Crippen MR) is 68.8 cm³/mol. The number of nitrogens with one attached hydrogen (secondary N) is 1. The highest BCUT2D eigenvalue weighted by molar-refractivity contribution is 5.77. The van der Waals surface area contributed by atoms with Crippen LogP contribution in [0.3, 0.4) is 0 Å². The highest BCUT2D eigenvalue weighted by Gasteiger charge is 2.24. The molecule has 0 heterocycles. The van der Waals surface area contributed by atoms with Gasteiger partial charge in [-0.15, -0.1) is 0 Å². The third-order valence-corrected chi connectivity index (χ3v) is 3.54. The molecular weight excluding hydrogens is 212 g/mol. The Morgan fingerprint density at radius 1 is 1.47 bits per heavy atom. The molecule has 1 aromatic rings. The molecule has 1 aliphatic carbocycles. The molecule has 0 bridgehead atoms. The zero-order valence-corrected chi connectivity index (χ0v) is 10.6. The number of benzene rings is 1. The van der Waals surface area contributed by atoms with Crippen LogP contribution in [0.1, 0.15) is 30.0 Å². The Hall–Kier alpha value is -1.35. The number of aryl methyl sites for hydroxylation is 1. The zero-order chi connectivity index (χ0) is 12.3. The molecule has 0 spiro atoms. The summed E-state index contributed by atoms with van der Waals surface area (Å²) in [5.74, 6) is 0.0792. The Kier molecular flexibility index (Phi) is 3.79. The second kappa shape index (κ2) is 5.32. The van der Waals surface area contributed by atoms with E-state index in [-0.39, 0.29) is 5.91 Å². The summed E-state index contributed by atoms with van der Waals surface area (Å²) in [6.45, 7) is 0.468. The fraction of sp³-hybridized carbons (Fsp3) is 0.500. The third-order valence-electron chi connectivity index (χ3n) is 3.54. The van der Waals surface area contributed by atoms with Crippen LogP contribution < -0.4 is 5.32 Å². The molecule has 3 heteroatoms. The number of carbonyl (C=O) groups is 1. The van der Waals surface area contributed by atoms with Crippen molar-refractivity contribution in [1.29, 1.82) is 0 Å². The van der Waals surface area contributed by atoms with Crippen molar-refractivity contribution in [2.75, 3.05) is 20.6 Å². The Morgan fingerprint density at radius 2 is 2.24 bits per heavy atom. The fourth-order valence-corrected chi connectivity index (χ4v) is 2.60. The van der Waals surface area contributed by atoms with E-state index in [1.54, 1.807) is 7.05 Å². The number of rotatable bonds is 3. The lowest BCUT2D eigenvalue weighted by molar-refractivity contribution is -0.122. The molecule has 0 saturated heterocycles. The first kappa shape index (κ1) is 12.1. The topological polar surface area (TPSA) is 32.3 Å². The first-order chi connectivity index (χ1) is 8.22. The Labute approximate surface area is 103 Å². The summed E-state index contributed by atoms with van der Waals surface area (Å²) in [6.07, 6.45) is 3.52. The fourth-order valence-electron chi connectivity index (χ4n) is 2.60. The first-order valence-corrected chi connectivity index (χ1v) is 6.21. The lowest BCUT2D eigenvalue weighted by Gasteiger charge is -2.32. The van der Waals surface area contributed by atoms with Gasteiger partial charge in [-0.25, -0.2) is 0 Å². The lowest BCUT2D eigenvalue weighted by Crippen LogP contribution is -2.36. The minimum Gasteiger partial charge on any atom is -0.358 e. The standard InChI is InChI=1S/C14H20N2O/c1-15-14(17)10-16(2)13-9-5-7-11-6-3-4-8-12(11)13/h3-4,6,8,13H,5,7,9-10H2,1-2H3,(H,15,17). The third kappa shape index (κ3) is 2.67. The summed E-state index contributed by atoms with van der Waals surface area (Å²) in [7, 11) is 3.72. The van der Waals surface area contributed by atoms with Gasteiger partial charge in [0.05, 0.1) is 6.54 Å². The smallest absolute Gasteiger partial charge is 0.233 e. The maximum atomic E-state index is 11.4. The summed E-state index contributed by atoms with van der Waals surface area (Å²) in [4.78, 5) is 13.6. The van der Waals surface area contributed by atoms with Gasteiger partial charge in [-0.05, 0) is 37.4 Å². The number of amides is 1. The van der Waals surface area contributed by atoms with Crippen LogP contribution in [0.5, 0.6) is 0 Å². The number of hydrogen-bond donors (Lipinski definition) is 1. The van der Waals surface area contributed by atoms with Gasteiger partial charge in [0.25, 0.3) is 0 Å². The van der Waals surface area contributed by atoms with Gasteiger partial charge >= 0.3 is 0 Å². The average Bonchev–Trinajstić information content (AvgIpc) is 2.37. The van der Waals surface area contributed by atoms with Gasteiger partial charge in [-0.3, -0.25) is 9.69 Å². The van der Waals surface area contributed by atoms with Gasteiger partial charge in [0.15, 0.2) is 0 Å². The van der Waals surface area contributed by atoms with E-state index in [1.807, 2.05) is 7.05 Å². The molecule has 0 aliphatic heterocycles. The van der Waals surface area contributed by atoms with Gasteiger partial charge in [0.2, 0.25) is 5.91 Å². The van der Waals surface area contributed by atoms with E-state index >= 15 is 0 Å². The van der Waals surface area contributed by atoms with Crippen LogP contribution in [0, 0.1) is 0 Å². The predicted octanol–water partition coefficient (Wildman–Crippen LogP) is 1.74. The molecule has 1 amide bonds. The van der Waals surface area contributed by atoms with Crippen LogP contribution in [0.25, 0.3) is 0 Å². The number of likely N-dealkylation sites (N-methyl/N-ethyl adjacent to an activating group) is 2. The van der Waals surface area contributed by atoms with Crippen LogP contribution in [0.15, 0.2) is 24.3 Å². The summed E-state index contributed by atoms with van der Waals surface area (Å²) < 4.78 is 0. The van der Waals surface area contributed by atoms with Crippen molar-refractivity contribution in [2.24, 2.45) is 0 Å². The van der Waals surface area contributed by atoms with Gasteiger partial charge in [-0.1, -0.05) is 24.3 Å². The first-order valence-electron chi connectivity index (χ1n) is 6.21. The molecule has 1 atom stereocenters. The van der Waals surface area contributed by atoms with Crippen LogP contribution in [0.4, 0.5) is 0 Å². The summed E-state index contributed by atoms with van der Waals surface area (Å²) in [5, 5.41) is 2.68. The molecule has 0 saturated carbocycles. The molecule has 1 aliphatic rings. The number of fused-ring (bicyclic) bond motifs is 1. The number of carbonyl (C=O) groups excluding carboxylic acids is 1. The quantitative estimate of drug-likeness (QED) is 0.861. The van der Waals surface area contributed by atoms with Crippen molar-refractivity contribution in [1.82, 2.24) is 10.2 Å². The van der Waals surface area contributed by atoms with E-state index in [0.29, 0.717) is 12.6 Å². The monoisotopic (exact) mass is 232 g/mol. The molecule has 1 unspecified atom stereocenters. The van der Waals surface area contributed by atoms with Crippen LogP contribution >= 0.6 is 0 Å². The Bertz CT molecular complexity index is 403. The second-order valence-corrected chi connectivity index (χ2v) is 4.70. The van der Waals surface area contributed by atoms with Crippen molar-refractivity contribution in [3.63, 3.8) is 0 Å².